The number of ether oxygens (including phenoxy) is 1. The van der Waals surface area contributed by atoms with E-state index in [0.29, 0.717) is 17.9 Å². The molecule has 0 unspecified atom stereocenters. The Kier molecular flexibility index (Phi) is 4.73. The first-order valence-electron chi connectivity index (χ1n) is 7.67. The van der Waals surface area contributed by atoms with Gasteiger partial charge in [0.05, 0.1) is 6.61 Å². The maximum Gasteiger partial charge on any atom is 0.240 e. The van der Waals surface area contributed by atoms with Crippen LogP contribution in [0.5, 0.6) is 0 Å². The number of nitrogens with zero attached hydrogens (tertiary/aromatic N) is 2. The Bertz CT molecular complexity index is 875. The Morgan fingerprint density at radius 1 is 1.04 bits per heavy atom. The van der Waals surface area contributed by atoms with Gasteiger partial charge in [-0.25, -0.2) is 0 Å². The van der Waals surface area contributed by atoms with Gasteiger partial charge in [0.25, 0.3) is 0 Å². The van der Waals surface area contributed by atoms with Crippen molar-refractivity contribution in [2.75, 3.05) is 6.61 Å². The van der Waals surface area contributed by atoms with E-state index in [1.54, 1.807) is 0 Å². The largest absolute Gasteiger partial charge is 0.483 e. The molecule has 0 amide bonds. The van der Waals surface area contributed by atoms with Crippen molar-refractivity contribution in [2.45, 2.75) is 6.92 Å². The lowest BCUT2D eigenvalue weighted by Crippen LogP contribution is -1.84. The fraction of sp³-hybridized carbons (Fsp3) is 0.100. The molecule has 0 fully saturated rings. The average Bonchev–Trinajstić information content (AvgIpc) is 3.02. The third kappa shape index (κ3) is 3.06. The maximum atomic E-state index is 9.65. The first-order valence-corrected chi connectivity index (χ1v) is 7.67. The molecule has 0 saturated carbocycles. The number of aliphatic imine (C=N–C) groups is 1. The van der Waals surface area contributed by atoms with Gasteiger partial charge in [-0.15, -0.1) is 0 Å². The molecule has 0 aliphatic carbocycles. The third-order valence-electron chi connectivity index (χ3n) is 3.51. The zero-order valence-corrected chi connectivity index (χ0v) is 13.3. The standard InChI is InChI=1S/C20H16N2O2/c1-2-23-14-22-20-17(13-21)18(15-9-5-3-6-10-15)19(24-20)16-11-7-4-8-12-16/h3-12,14H,2H2,1H3/b22-14+. The van der Waals surface area contributed by atoms with E-state index in [1.807, 2.05) is 67.6 Å². The van der Waals surface area contributed by atoms with Gasteiger partial charge in [0.15, 0.2) is 6.40 Å². The Morgan fingerprint density at radius 2 is 1.67 bits per heavy atom. The van der Waals surface area contributed by atoms with Gasteiger partial charge in [0, 0.05) is 11.1 Å². The quantitative estimate of drug-likeness (QED) is 0.481. The first-order chi connectivity index (χ1) is 11.8. The summed E-state index contributed by atoms with van der Waals surface area (Å²) in [5, 5.41) is 9.65. The molecule has 1 heterocycles. The summed E-state index contributed by atoms with van der Waals surface area (Å²) in [5.74, 6) is 0.880. The van der Waals surface area contributed by atoms with Gasteiger partial charge < -0.3 is 9.15 Å². The van der Waals surface area contributed by atoms with Crippen molar-refractivity contribution in [3.63, 3.8) is 0 Å². The molecule has 0 N–H and O–H groups in total. The summed E-state index contributed by atoms with van der Waals surface area (Å²) in [6, 6.07) is 21.6. The SMILES string of the molecule is CCO/C=N/c1oc(-c2ccccc2)c(-c2ccccc2)c1C#N. The van der Waals surface area contributed by atoms with Crippen LogP contribution in [0.15, 0.2) is 70.1 Å². The van der Waals surface area contributed by atoms with Crippen LogP contribution >= 0.6 is 0 Å². The molecule has 4 heteroatoms. The van der Waals surface area contributed by atoms with Gasteiger partial charge in [0.2, 0.25) is 5.88 Å². The molecule has 3 aromatic rings. The van der Waals surface area contributed by atoms with Crippen LogP contribution in [0, 0.1) is 11.3 Å². The molecule has 4 nitrogen and oxygen atoms in total. The van der Waals surface area contributed by atoms with Gasteiger partial charge in [-0.1, -0.05) is 60.7 Å². The number of furan rings is 1. The smallest absolute Gasteiger partial charge is 0.240 e. The summed E-state index contributed by atoms with van der Waals surface area (Å²) in [6.45, 7) is 2.37. The molecular formula is C20H16N2O2. The van der Waals surface area contributed by atoms with Crippen molar-refractivity contribution in [2.24, 2.45) is 4.99 Å². The van der Waals surface area contributed by atoms with Crippen LogP contribution in [0.4, 0.5) is 5.88 Å². The Labute approximate surface area is 140 Å². The average molecular weight is 316 g/mol. The van der Waals surface area contributed by atoms with Crippen LogP contribution < -0.4 is 0 Å². The minimum atomic E-state index is 0.253. The topological polar surface area (TPSA) is 58.5 Å². The summed E-state index contributed by atoms with van der Waals surface area (Å²) in [4.78, 5) is 4.16. The maximum absolute atomic E-state index is 9.65. The van der Waals surface area contributed by atoms with Crippen LogP contribution in [0.1, 0.15) is 12.5 Å². The van der Waals surface area contributed by atoms with E-state index in [2.05, 4.69) is 11.1 Å². The van der Waals surface area contributed by atoms with E-state index in [0.717, 1.165) is 16.7 Å². The summed E-state index contributed by atoms with van der Waals surface area (Å²) in [6.07, 6.45) is 1.31. The Morgan fingerprint density at radius 3 is 2.25 bits per heavy atom. The third-order valence-corrected chi connectivity index (χ3v) is 3.51. The highest BCUT2D eigenvalue weighted by Gasteiger charge is 2.22. The zero-order chi connectivity index (χ0) is 16.8. The van der Waals surface area contributed by atoms with Crippen molar-refractivity contribution in [3.8, 4) is 28.5 Å². The van der Waals surface area contributed by atoms with E-state index in [4.69, 9.17) is 9.15 Å². The van der Waals surface area contributed by atoms with Crippen molar-refractivity contribution < 1.29 is 9.15 Å². The van der Waals surface area contributed by atoms with Crippen molar-refractivity contribution in [3.05, 3.63) is 66.2 Å². The predicted octanol–water partition coefficient (Wildman–Crippen LogP) is 5.18. The highest BCUT2D eigenvalue weighted by atomic mass is 16.5. The van der Waals surface area contributed by atoms with Crippen LogP contribution in [-0.4, -0.2) is 13.0 Å². The number of hydrogen-bond acceptors (Lipinski definition) is 4. The molecule has 24 heavy (non-hydrogen) atoms. The monoisotopic (exact) mass is 316 g/mol. The number of benzene rings is 2. The lowest BCUT2D eigenvalue weighted by atomic mass is 9.98. The fourth-order valence-electron chi connectivity index (χ4n) is 2.45. The van der Waals surface area contributed by atoms with E-state index >= 15 is 0 Å². The normalized spacial score (nSPS) is 10.7. The molecule has 0 aliphatic rings. The van der Waals surface area contributed by atoms with Gasteiger partial charge >= 0.3 is 0 Å². The fourth-order valence-corrected chi connectivity index (χ4v) is 2.45. The molecule has 0 atom stereocenters. The molecule has 2 aromatic carbocycles. The Balaban J connectivity index is 2.22. The van der Waals surface area contributed by atoms with Crippen LogP contribution in [0.3, 0.4) is 0 Å². The molecule has 118 valence electrons. The molecule has 0 saturated heterocycles. The van der Waals surface area contributed by atoms with Gasteiger partial charge in [0.1, 0.15) is 17.4 Å². The molecule has 3 rings (SSSR count). The Hall–Kier alpha value is -3.32. The lowest BCUT2D eigenvalue weighted by Gasteiger charge is -2.03. The molecule has 0 bridgehead atoms. The van der Waals surface area contributed by atoms with E-state index < -0.39 is 0 Å². The highest BCUT2D eigenvalue weighted by Crippen LogP contribution is 2.42. The van der Waals surface area contributed by atoms with Crippen molar-refractivity contribution in [1.29, 1.82) is 5.26 Å². The predicted molar refractivity (Wildman–Crippen MR) is 94.1 cm³/mol. The number of hydrogen-bond donors (Lipinski definition) is 0. The van der Waals surface area contributed by atoms with E-state index in [-0.39, 0.29) is 5.88 Å². The minimum Gasteiger partial charge on any atom is -0.483 e. The highest BCUT2D eigenvalue weighted by molar-refractivity contribution is 5.88. The van der Waals surface area contributed by atoms with Gasteiger partial charge in [-0.3, -0.25) is 0 Å². The summed E-state index contributed by atoms with van der Waals surface area (Å²) >= 11 is 0. The molecule has 0 aliphatic heterocycles. The van der Waals surface area contributed by atoms with E-state index in [9.17, 15) is 5.26 Å². The molecule has 0 radical (unpaired) electrons. The van der Waals surface area contributed by atoms with Crippen LogP contribution in [0.2, 0.25) is 0 Å². The number of rotatable bonds is 5. The van der Waals surface area contributed by atoms with Crippen LogP contribution in [-0.2, 0) is 4.74 Å². The van der Waals surface area contributed by atoms with E-state index in [1.165, 1.54) is 6.40 Å². The van der Waals surface area contributed by atoms with Crippen molar-refractivity contribution in [1.82, 2.24) is 0 Å². The second-order valence-corrected chi connectivity index (χ2v) is 5.02. The second kappa shape index (κ2) is 7.30. The molecular weight excluding hydrogens is 300 g/mol. The van der Waals surface area contributed by atoms with Crippen molar-refractivity contribution >= 4 is 12.3 Å². The summed E-state index contributed by atoms with van der Waals surface area (Å²) < 4.78 is 11.1. The molecule has 1 aromatic heterocycles. The summed E-state index contributed by atoms with van der Waals surface area (Å²) in [7, 11) is 0. The summed E-state index contributed by atoms with van der Waals surface area (Å²) in [5.41, 5.74) is 2.95. The molecule has 0 spiro atoms. The van der Waals surface area contributed by atoms with Crippen LogP contribution in [0.25, 0.3) is 22.5 Å². The minimum absolute atomic E-state index is 0.253. The number of nitriles is 1. The second-order valence-electron chi connectivity index (χ2n) is 5.02. The zero-order valence-electron chi connectivity index (χ0n) is 13.3. The lowest BCUT2D eigenvalue weighted by molar-refractivity contribution is 0.343. The van der Waals surface area contributed by atoms with Gasteiger partial charge in [-0.05, 0) is 12.5 Å². The van der Waals surface area contributed by atoms with Gasteiger partial charge in [-0.2, -0.15) is 10.3 Å². The first kappa shape index (κ1) is 15.6.